The predicted molar refractivity (Wildman–Crippen MR) is 14.7 cm³/mol. The summed E-state index contributed by atoms with van der Waals surface area (Å²) in [5.41, 5.74) is 4.85. The van der Waals surface area contributed by atoms with Crippen LogP contribution in [0.15, 0.2) is 0 Å². The summed E-state index contributed by atoms with van der Waals surface area (Å²) in [6.45, 7) is 2.65. The molecule has 0 spiro atoms. The van der Waals surface area contributed by atoms with Crippen LogP contribution in [0, 0.1) is 0 Å². The summed E-state index contributed by atoms with van der Waals surface area (Å²) in [6.07, 6.45) is 0. The zero-order valence-electron chi connectivity index (χ0n) is 2.60. The molecule has 0 atom stereocenters. The first-order valence-electron chi connectivity index (χ1n) is 1.12. The second kappa shape index (κ2) is 9.84. The molecule has 2 heteroatoms. The molecule has 0 unspecified atom stereocenters. The molecule has 0 aliphatic carbocycles. The average Bonchev–Trinajstić information content (AvgIpc) is 0.918. The van der Waals surface area contributed by atoms with E-state index in [0.29, 0.717) is 0 Å². The van der Waals surface area contributed by atoms with Gasteiger partial charge in [0.15, 0.2) is 0 Å². The van der Waals surface area contributed by atoms with Crippen LogP contribution in [0.25, 0.3) is 0 Å². The van der Waals surface area contributed by atoms with Gasteiger partial charge in [0, 0.05) is 0 Å². The van der Waals surface area contributed by atoms with Gasteiger partial charge in [-0.2, -0.15) is 0 Å². The Bertz CT molecular complexity index is 6.00. The largest absolute Gasteiger partial charge is 2.00 e. The molecular weight excluding hydrogens is 96.7 g/mol. The van der Waals surface area contributed by atoms with Gasteiger partial charge >= 0.3 is 16.5 Å². The second-order valence-corrected chi connectivity index (χ2v) is 0.408. The van der Waals surface area contributed by atoms with Crippen LogP contribution >= 0.6 is 0 Å². The van der Waals surface area contributed by atoms with Gasteiger partial charge < -0.3 is 5.73 Å². The van der Waals surface area contributed by atoms with Crippen molar-refractivity contribution in [2.24, 2.45) is 5.73 Å². The summed E-state index contributed by atoms with van der Waals surface area (Å²) < 4.78 is 0. The Balaban J connectivity index is 0. The maximum Gasteiger partial charge on any atom is 2.00 e. The van der Waals surface area contributed by atoms with E-state index in [4.69, 9.17) is 5.73 Å². The fourth-order valence-corrected chi connectivity index (χ4v) is 0. The topological polar surface area (TPSA) is 26.0 Å². The Hall–Kier alpha value is 0.454. The molecule has 0 heterocycles. The van der Waals surface area contributed by atoms with Gasteiger partial charge in [-0.25, -0.2) is 0 Å². The monoisotopic (exact) mass is 103 g/mol. The molecular formula is C2H7NNi+2. The van der Waals surface area contributed by atoms with Gasteiger partial charge in [-0.15, -0.1) is 0 Å². The predicted octanol–water partition coefficient (Wildman–Crippen LogP) is -0.0375. The number of nitrogens with two attached hydrogens (primary N) is 1. The molecule has 4 heavy (non-hydrogen) atoms. The first kappa shape index (κ1) is 8.82. The molecule has 0 rings (SSSR count). The third kappa shape index (κ3) is 25.2. The third-order valence-corrected chi connectivity index (χ3v) is 0. The Kier molecular flexibility index (Phi) is 21.7. The Morgan fingerprint density at radius 2 is 1.75 bits per heavy atom. The first-order valence-corrected chi connectivity index (χ1v) is 1.12. The summed E-state index contributed by atoms with van der Waals surface area (Å²) in [6, 6.07) is 0. The molecule has 0 aromatic rings. The van der Waals surface area contributed by atoms with Crippen LogP contribution < -0.4 is 5.73 Å². The summed E-state index contributed by atoms with van der Waals surface area (Å²) in [5, 5.41) is 0. The van der Waals surface area contributed by atoms with E-state index in [-0.39, 0.29) is 16.5 Å². The molecule has 0 bridgehead atoms. The number of hydrogen-bond donors (Lipinski definition) is 1. The second-order valence-electron chi connectivity index (χ2n) is 0.408. The normalized spacial score (nSPS) is 4.50. The van der Waals surface area contributed by atoms with Crippen molar-refractivity contribution in [1.82, 2.24) is 0 Å². The Labute approximate surface area is 36.5 Å². The molecule has 0 aliphatic heterocycles. The fraction of sp³-hybridized carbons (Fsp3) is 1.00. The molecule has 0 aliphatic rings. The third-order valence-electron chi connectivity index (χ3n) is 0. The average molecular weight is 104 g/mol. The van der Waals surface area contributed by atoms with E-state index >= 15 is 0 Å². The van der Waals surface area contributed by atoms with Crippen molar-refractivity contribution in [3.8, 4) is 0 Å². The molecule has 0 fully saturated rings. The Morgan fingerprint density at radius 3 is 1.75 bits per heavy atom. The summed E-state index contributed by atoms with van der Waals surface area (Å²) in [5.74, 6) is 0. The van der Waals surface area contributed by atoms with Gasteiger partial charge in [0.1, 0.15) is 0 Å². The minimum absolute atomic E-state index is 0. The van der Waals surface area contributed by atoms with Crippen molar-refractivity contribution < 1.29 is 16.5 Å². The van der Waals surface area contributed by atoms with Crippen molar-refractivity contribution in [2.75, 3.05) is 6.54 Å². The minimum Gasteiger partial charge on any atom is -0.331 e. The minimum atomic E-state index is 0. The fourth-order valence-electron chi connectivity index (χ4n) is 0. The van der Waals surface area contributed by atoms with E-state index in [2.05, 4.69) is 0 Å². The van der Waals surface area contributed by atoms with Gasteiger partial charge in [0.25, 0.3) is 0 Å². The molecule has 0 saturated heterocycles. The van der Waals surface area contributed by atoms with Crippen molar-refractivity contribution in [2.45, 2.75) is 6.92 Å². The molecule has 1 nitrogen and oxygen atoms in total. The van der Waals surface area contributed by atoms with Crippen LogP contribution in [0.2, 0.25) is 0 Å². The zero-order valence-corrected chi connectivity index (χ0v) is 3.59. The molecule has 2 N–H and O–H groups in total. The number of hydrogen-bond acceptors (Lipinski definition) is 1. The maximum atomic E-state index is 4.85. The van der Waals surface area contributed by atoms with Crippen molar-refractivity contribution in [3.05, 3.63) is 0 Å². The Morgan fingerprint density at radius 1 is 1.75 bits per heavy atom. The van der Waals surface area contributed by atoms with Gasteiger partial charge in [-0.05, 0) is 6.54 Å². The van der Waals surface area contributed by atoms with Crippen LogP contribution in [0.1, 0.15) is 6.92 Å². The van der Waals surface area contributed by atoms with Crippen LogP contribution in [0.5, 0.6) is 0 Å². The number of rotatable bonds is 0. The quantitative estimate of drug-likeness (QED) is 0.428. The SMILES string of the molecule is CCN.[Ni+2]. The summed E-state index contributed by atoms with van der Waals surface area (Å²) >= 11 is 0. The summed E-state index contributed by atoms with van der Waals surface area (Å²) in [4.78, 5) is 0. The van der Waals surface area contributed by atoms with Gasteiger partial charge in [-0.3, -0.25) is 0 Å². The van der Waals surface area contributed by atoms with E-state index in [0.717, 1.165) is 6.54 Å². The molecule has 0 aromatic carbocycles. The van der Waals surface area contributed by atoms with E-state index in [1.807, 2.05) is 6.92 Å². The standard InChI is InChI=1S/C2H7N.Ni/c1-2-3;/h2-3H2,1H3;/q;+2. The molecule has 0 aromatic heterocycles. The van der Waals surface area contributed by atoms with Gasteiger partial charge in [-0.1, -0.05) is 6.92 Å². The van der Waals surface area contributed by atoms with Crippen LogP contribution in [0.3, 0.4) is 0 Å². The van der Waals surface area contributed by atoms with Crippen LogP contribution in [-0.2, 0) is 16.5 Å². The zero-order chi connectivity index (χ0) is 2.71. The van der Waals surface area contributed by atoms with Crippen molar-refractivity contribution in [3.63, 3.8) is 0 Å². The van der Waals surface area contributed by atoms with E-state index in [1.165, 1.54) is 0 Å². The molecule has 0 saturated carbocycles. The summed E-state index contributed by atoms with van der Waals surface area (Å²) in [7, 11) is 0. The van der Waals surface area contributed by atoms with E-state index in [9.17, 15) is 0 Å². The van der Waals surface area contributed by atoms with Gasteiger partial charge in [0.2, 0.25) is 0 Å². The molecule has 0 radical (unpaired) electrons. The smallest absolute Gasteiger partial charge is 0.331 e. The van der Waals surface area contributed by atoms with Crippen molar-refractivity contribution in [1.29, 1.82) is 0 Å². The maximum absolute atomic E-state index is 4.85. The van der Waals surface area contributed by atoms with Crippen LogP contribution in [-0.4, -0.2) is 6.54 Å². The van der Waals surface area contributed by atoms with Gasteiger partial charge in [0.05, 0.1) is 0 Å². The van der Waals surface area contributed by atoms with E-state index < -0.39 is 0 Å². The molecule has 0 amide bonds. The molecule has 28 valence electrons. The first-order chi connectivity index (χ1) is 1.41. The van der Waals surface area contributed by atoms with E-state index in [1.54, 1.807) is 0 Å². The van der Waals surface area contributed by atoms with Crippen LogP contribution in [0.4, 0.5) is 0 Å². The van der Waals surface area contributed by atoms with Crippen molar-refractivity contribution >= 4 is 0 Å².